The lowest BCUT2D eigenvalue weighted by Crippen LogP contribution is -2.14. The number of nitrogens with two attached hydrogens (primary N) is 1. The molecule has 7 heteroatoms. The number of carbonyl (C=O) groups is 1. The van der Waals surface area contributed by atoms with E-state index in [9.17, 15) is 13.2 Å². The van der Waals surface area contributed by atoms with E-state index in [0.29, 0.717) is 16.3 Å². The molecule has 0 radical (unpaired) electrons. The molecule has 18 heavy (non-hydrogen) atoms. The quantitative estimate of drug-likeness (QED) is 0.654. The van der Waals surface area contributed by atoms with Crippen LogP contribution >= 0.6 is 11.6 Å². The number of methoxy groups -OCH3 is 1. The van der Waals surface area contributed by atoms with Crippen LogP contribution in [-0.4, -0.2) is 27.2 Å². The molecule has 1 aromatic carbocycles. The minimum Gasteiger partial charge on any atom is -0.469 e. The van der Waals surface area contributed by atoms with Gasteiger partial charge in [-0.1, -0.05) is 17.7 Å². The first-order chi connectivity index (χ1) is 8.34. The highest BCUT2D eigenvalue weighted by Crippen LogP contribution is 2.21. The Kier molecular flexibility index (Phi) is 4.98. The van der Waals surface area contributed by atoms with Crippen molar-refractivity contribution in [1.29, 1.82) is 0 Å². The molecule has 0 fully saturated rings. The van der Waals surface area contributed by atoms with Crippen molar-refractivity contribution in [2.24, 2.45) is 0 Å². The Hall–Kier alpha value is -1.27. The van der Waals surface area contributed by atoms with Gasteiger partial charge in [0.15, 0.2) is 9.84 Å². The maximum Gasteiger partial charge on any atom is 0.306 e. The molecule has 100 valence electrons. The van der Waals surface area contributed by atoms with Crippen LogP contribution in [0.2, 0.25) is 5.02 Å². The maximum absolute atomic E-state index is 11.8. The van der Waals surface area contributed by atoms with Gasteiger partial charge in [-0.15, -0.1) is 0 Å². The van der Waals surface area contributed by atoms with E-state index < -0.39 is 15.8 Å². The molecular weight excluding hydrogens is 278 g/mol. The first-order valence-electron chi connectivity index (χ1n) is 5.15. The molecule has 0 heterocycles. The van der Waals surface area contributed by atoms with Crippen molar-refractivity contribution in [1.82, 2.24) is 0 Å². The van der Waals surface area contributed by atoms with Crippen molar-refractivity contribution in [3.63, 3.8) is 0 Å². The maximum atomic E-state index is 11.8. The minimum absolute atomic E-state index is 0.161. The Bertz CT molecular complexity index is 542. The number of carbonyl (C=O) groups excluding carboxylic acids is 1. The summed E-state index contributed by atoms with van der Waals surface area (Å²) in [6.45, 7) is 0. The molecule has 0 aliphatic rings. The summed E-state index contributed by atoms with van der Waals surface area (Å²) >= 11 is 5.89. The van der Waals surface area contributed by atoms with Crippen LogP contribution in [0.3, 0.4) is 0 Å². The summed E-state index contributed by atoms with van der Waals surface area (Å²) in [5.74, 6) is -1.04. The Labute approximate surface area is 111 Å². The third-order valence-electron chi connectivity index (χ3n) is 2.30. The number of anilines is 1. The molecule has 0 aromatic heterocycles. The van der Waals surface area contributed by atoms with E-state index in [-0.39, 0.29) is 17.9 Å². The smallest absolute Gasteiger partial charge is 0.306 e. The average Bonchev–Trinajstić information content (AvgIpc) is 2.30. The van der Waals surface area contributed by atoms with Crippen LogP contribution in [0.5, 0.6) is 0 Å². The van der Waals surface area contributed by atoms with Crippen molar-refractivity contribution in [3.8, 4) is 0 Å². The zero-order valence-electron chi connectivity index (χ0n) is 9.85. The number of ether oxygens (including phenoxy) is 1. The lowest BCUT2D eigenvalue weighted by molar-refractivity contribution is -0.140. The van der Waals surface area contributed by atoms with Crippen molar-refractivity contribution in [2.45, 2.75) is 12.2 Å². The van der Waals surface area contributed by atoms with Gasteiger partial charge in [0.05, 0.1) is 25.0 Å². The number of hydrogen-bond acceptors (Lipinski definition) is 5. The van der Waals surface area contributed by atoms with Gasteiger partial charge in [0.1, 0.15) is 0 Å². The number of nitrogen functional groups attached to an aromatic ring is 1. The van der Waals surface area contributed by atoms with E-state index in [1.165, 1.54) is 13.2 Å². The monoisotopic (exact) mass is 291 g/mol. The zero-order chi connectivity index (χ0) is 13.8. The molecule has 0 saturated heterocycles. The number of halogens is 1. The second-order valence-corrected chi connectivity index (χ2v) is 6.36. The number of hydrogen-bond donors (Lipinski definition) is 1. The molecular formula is C11H14ClNO4S. The van der Waals surface area contributed by atoms with Crippen molar-refractivity contribution < 1.29 is 17.9 Å². The molecule has 0 bridgehead atoms. The van der Waals surface area contributed by atoms with Gasteiger partial charge < -0.3 is 10.5 Å². The Balaban J connectivity index is 2.73. The Morgan fingerprint density at radius 1 is 1.44 bits per heavy atom. The summed E-state index contributed by atoms with van der Waals surface area (Å²) in [7, 11) is -2.19. The Morgan fingerprint density at radius 3 is 2.67 bits per heavy atom. The van der Waals surface area contributed by atoms with E-state index >= 15 is 0 Å². The standard InChI is InChI=1S/C11H14ClNO4S/c1-17-11(14)4-5-18(15,16)7-8-2-3-9(13)6-10(8)12/h2-3,6H,4-5,7,13H2,1H3. The minimum atomic E-state index is -3.40. The number of sulfone groups is 1. The van der Waals surface area contributed by atoms with Gasteiger partial charge in [-0.2, -0.15) is 0 Å². The van der Waals surface area contributed by atoms with Crippen LogP contribution in [0, 0.1) is 0 Å². The Morgan fingerprint density at radius 2 is 2.11 bits per heavy atom. The van der Waals surface area contributed by atoms with Gasteiger partial charge in [0.2, 0.25) is 0 Å². The van der Waals surface area contributed by atoms with Gasteiger partial charge >= 0.3 is 5.97 Å². The second-order valence-electron chi connectivity index (χ2n) is 3.77. The zero-order valence-corrected chi connectivity index (χ0v) is 11.4. The van der Waals surface area contributed by atoms with Gasteiger partial charge in [-0.05, 0) is 17.7 Å². The predicted molar refractivity (Wildman–Crippen MR) is 70.0 cm³/mol. The summed E-state index contributed by atoms with van der Waals surface area (Å²) in [4.78, 5) is 10.9. The SMILES string of the molecule is COC(=O)CCS(=O)(=O)Cc1ccc(N)cc1Cl. The summed E-state index contributed by atoms with van der Waals surface area (Å²) in [5.41, 5.74) is 6.45. The molecule has 0 atom stereocenters. The molecule has 0 aliphatic carbocycles. The van der Waals surface area contributed by atoms with E-state index in [4.69, 9.17) is 17.3 Å². The summed E-state index contributed by atoms with van der Waals surface area (Å²) in [6, 6.07) is 4.64. The third-order valence-corrected chi connectivity index (χ3v) is 4.23. The highest BCUT2D eigenvalue weighted by Gasteiger charge is 2.16. The highest BCUT2D eigenvalue weighted by atomic mass is 35.5. The topological polar surface area (TPSA) is 86.5 Å². The van der Waals surface area contributed by atoms with Gasteiger partial charge in [0, 0.05) is 10.7 Å². The van der Waals surface area contributed by atoms with E-state index in [2.05, 4.69) is 4.74 Å². The molecule has 0 amide bonds. The fraction of sp³-hybridized carbons (Fsp3) is 0.364. The van der Waals surface area contributed by atoms with Crippen LogP contribution in [0.15, 0.2) is 18.2 Å². The van der Waals surface area contributed by atoms with Crippen molar-refractivity contribution in [2.75, 3.05) is 18.6 Å². The summed E-state index contributed by atoms with van der Waals surface area (Å²) < 4.78 is 27.9. The first-order valence-corrected chi connectivity index (χ1v) is 7.35. The van der Waals surface area contributed by atoms with Crippen LogP contribution in [0.1, 0.15) is 12.0 Å². The van der Waals surface area contributed by atoms with Crippen LogP contribution < -0.4 is 5.73 Å². The lowest BCUT2D eigenvalue weighted by Gasteiger charge is -2.06. The average molecular weight is 292 g/mol. The molecule has 1 aromatic rings. The first kappa shape index (κ1) is 14.8. The van der Waals surface area contributed by atoms with Crippen LogP contribution in [0.25, 0.3) is 0 Å². The largest absolute Gasteiger partial charge is 0.469 e. The summed E-state index contributed by atoms with van der Waals surface area (Å²) in [5, 5.41) is 0.302. The molecule has 0 unspecified atom stereocenters. The van der Waals surface area contributed by atoms with Gasteiger partial charge in [-0.25, -0.2) is 8.42 Å². The predicted octanol–water partition coefficient (Wildman–Crippen LogP) is 1.40. The third kappa shape index (κ3) is 4.54. The van der Waals surface area contributed by atoms with Crippen LogP contribution in [-0.2, 0) is 25.1 Å². The van der Waals surface area contributed by atoms with E-state index in [0.717, 1.165) is 0 Å². The van der Waals surface area contributed by atoms with Crippen molar-refractivity contribution >= 4 is 33.1 Å². The molecule has 0 spiro atoms. The van der Waals surface area contributed by atoms with Crippen LogP contribution in [0.4, 0.5) is 5.69 Å². The second kappa shape index (κ2) is 6.06. The fourth-order valence-corrected chi connectivity index (χ4v) is 3.01. The van der Waals surface area contributed by atoms with E-state index in [1.54, 1.807) is 12.1 Å². The number of benzene rings is 1. The highest BCUT2D eigenvalue weighted by molar-refractivity contribution is 7.90. The molecule has 0 saturated carbocycles. The molecule has 0 aliphatic heterocycles. The van der Waals surface area contributed by atoms with E-state index in [1.807, 2.05) is 0 Å². The van der Waals surface area contributed by atoms with Gasteiger partial charge in [0.25, 0.3) is 0 Å². The number of esters is 1. The fourth-order valence-electron chi connectivity index (χ4n) is 1.33. The lowest BCUT2D eigenvalue weighted by atomic mass is 10.2. The normalized spacial score (nSPS) is 11.2. The summed E-state index contributed by atoms with van der Waals surface area (Å²) in [6.07, 6.45) is -0.161. The number of rotatable bonds is 5. The molecule has 5 nitrogen and oxygen atoms in total. The van der Waals surface area contributed by atoms with Crippen molar-refractivity contribution in [3.05, 3.63) is 28.8 Å². The molecule has 1 rings (SSSR count). The van der Waals surface area contributed by atoms with Gasteiger partial charge in [-0.3, -0.25) is 4.79 Å². The molecule has 2 N–H and O–H groups in total.